The van der Waals surface area contributed by atoms with Crippen LogP contribution in [-0.2, 0) is 0 Å². The second-order valence-electron chi connectivity index (χ2n) is 6.01. The van der Waals surface area contributed by atoms with E-state index < -0.39 is 5.76 Å². The summed E-state index contributed by atoms with van der Waals surface area (Å²) in [7, 11) is 0. The van der Waals surface area contributed by atoms with Crippen LogP contribution in [0.5, 0.6) is 0 Å². The van der Waals surface area contributed by atoms with Gasteiger partial charge in [0.1, 0.15) is 0 Å². The monoisotopic (exact) mass is 358 g/mol. The maximum Gasteiger partial charge on any atom is 0.417 e. The van der Waals surface area contributed by atoms with Gasteiger partial charge < -0.3 is 9.73 Å². The molecule has 132 valence electrons. The van der Waals surface area contributed by atoms with E-state index in [0.717, 1.165) is 22.6 Å². The van der Waals surface area contributed by atoms with Crippen molar-refractivity contribution >= 4 is 22.6 Å². The number of nitrogens with zero attached hydrogens (tertiary/aromatic N) is 3. The molecular weight excluding hydrogens is 344 g/mol. The zero-order chi connectivity index (χ0) is 18.2. The number of fused-ring (bicyclic) bond motifs is 1. The van der Waals surface area contributed by atoms with Crippen LogP contribution in [0.3, 0.4) is 0 Å². The number of H-pyrrole nitrogens is 2. The fourth-order valence-electron chi connectivity index (χ4n) is 2.93. The molecule has 0 fully saturated rings. The van der Waals surface area contributed by atoms with Gasteiger partial charge in [-0.2, -0.15) is 10.2 Å². The average molecular weight is 358 g/mol. The van der Waals surface area contributed by atoms with Gasteiger partial charge in [-0.1, -0.05) is 12.1 Å². The van der Waals surface area contributed by atoms with Gasteiger partial charge in [0.2, 0.25) is 0 Å². The van der Waals surface area contributed by atoms with Gasteiger partial charge >= 0.3 is 5.76 Å². The normalized spacial score (nSPS) is 11.1. The standard InChI is InChI=1S/C19H14N6O2/c26-19-22-16-10-13(4-7-17(16)27-19)21-18-11-15(23-24-18)12-2-5-14(6-3-12)25-9-1-8-20-25/h1-11H,(H,22,26)(H2,21,23,24). The predicted octanol–water partition coefficient (Wildman–Crippen LogP) is 3.44. The first kappa shape index (κ1) is 15.2. The third-order valence-corrected chi connectivity index (χ3v) is 4.22. The topological polar surface area (TPSA) is 105 Å². The Morgan fingerprint density at radius 1 is 1.07 bits per heavy atom. The van der Waals surface area contributed by atoms with Gasteiger partial charge in [-0.05, 0) is 42.0 Å². The number of aromatic amines is 2. The molecule has 3 N–H and O–H groups in total. The molecule has 0 saturated carbocycles. The van der Waals surface area contributed by atoms with Gasteiger partial charge in [0.25, 0.3) is 0 Å². The molecule has 0 aliphatic heterocycles. The molecule has 0 bridgehead atoms. The molecule has 0 atom stereocenters. The molecule has 0 aliphatic carbocycles. The van der Waals surface area contributed by atoms with Crippen LogP contribution in [0.15, 0.2) is 76.2 Å². The summed E-state index contributed by atoms with van der Waals surface area (Å²) in [6, 6.07) is 17.2. The zero-order valence-electron chi connectivity index (χ0n) is 14.0. The van der Waals surface area contributed by atoms with E-state index in [4.69, 9.17) is 4.42 Å². The molecule has 8 heteroatoms. The van der Waals surface area contributed by atoms with Crippen LogP contribution >= 0.6 is 0 Å². The van der Waals surface area contributed by atoms with E-state index in [1.165, 1.54) is 0 Å². The highest BCUT2D eigenvalue weighted by atomic mass is 16.4. The summed E-state index contributed by atoms with van der Waals surface area (Å²) in [5.74, 6) is 0.203. The zero-order valence-corrected chi connectivity index (χ0v) is 14.0. The lowest BCUT2D eigenvalue weighted by Gasteiger charge is -2.03. The fraction of sp³-hybridized carbons (Fsp3) is 0. The minimum atomic E-state index is -0.470. The number of nitrogens with one attached hydrogen (secondary N) is 3. The van der Waals surface area contributed by atoms with Crippen LogP contribution < -0.4 is 11.1 Å². The lowest BCUT2D eigenvalue weighted by Crippen LogP contribution is -1.93. The van der Waals surface area contributed by atoms with Crippen LogP contribution in [0.2, 0.25) is 0 Å². The molecule has 0 amide bonds. The number of hydrogen-bond donors (Lipinski definition) is 3. The predicted molar refractivity (Wildman–Crippen MR) is 101 cm³/mol. The molecule has 2 aromatic carbocycles. The van der Waals surface area contributed by atoms with Crippen molar-refractivity contribution in [3.63, 3.8) is 0 Å². The van der Waals surface area contributed by atoms with E-state index in [1.807, 2.05) is 48.7 Å². The number of hydrogen-bond acceptors (Lipinski definition) is 5. The van der Waals surface area contributed by atoms with Crippen molar-refractivity contribution in [2.75, 3.05) is 5.32 Å². The minimum absolute atomic E-state index is 0.470. The quantitative estimate of drug-likeness (QED) is 0.456. The maximum absolute atomic E-state index is 11.3. The number of benzene rings is 2. The van der Waals surface area contributed by atoms with E-state index >= 15 is 0 Å². The largest absolute Gasteiger partial charge is 0.417 e. The van der Waals surface area contributed by atoms with Crippen molar-refractivity contribution in [2.24, 2.45) is 0 Å². The number of anilines is 2. The Morgan fingerprint density at radius 2 is 1.96 bits per heavy atom. The molecule has 5 rings (SSSR count). The first-order valence-corrected chi connectivity index (χ1v) is 8.30. The second kappa shape index (κ2) is 6.03. The highest BCUT2D eigenvalue weighted by molar-refractivity contribution is 5.78. The molecule has 0 aliphatic rings. The summed E-state index contributed by atoms with van der Waals surface area (Å²) in [5.41, 5.74) is 4.85. The van der Waals surface area contributed by atoms with Gasteiger partial charge in [0, 0.05) is 24.1 Å². The van der Waals surface area contributed by atoms with Gasteiger partial charge in [-0.3, -0.25) is 10.1 Å². The molecule has 0 spiro atoms. The smallest absolute Gasteiger partial charge is 0.408 e. The highest BCUT2D eigenvalue weighted by Crippen LogP contribution is 2.24. The van der Waals surface area contributed by atoms with Crippen LogP contribution in [0.4, 0.5) is 11.5 Å². The van der Waals surface area contributed by atoms with Crippen LogP contribution in [0.25, 0.3) is 28.0 Å². The van der Waals surface area contributed by atoms with Crippen molar-refractivity contribution in [3.05, 3.63) is 77.5 Å². The third kappa shape index (κ3) is 2.89. The molecule has 27 heavy (non-hydrogen) atoms. The Balaban J connectivity index is 1.38. The fourth-order valence-corrected chi connectivity index (χ4v) is 2.93. The molecule has 0 saturated heterocycles. The molecule has 5 aromatic rings. The van der Waals surface area contributed by atoms with Crippen LogP contribution in [0.1, 0.15) is 0 Å². The van der Waals surface area contributed by atoms with E-state index in [2.05, 4.69) is 25.6 Å². The number of rotatable bonds is 4. The lowest BCUT2D eigenvalue weighted by molar-refractivity contribution is 0.555. The summed E-state index contributed by atoms with van der Waals surface area (Å²) in [6.07, 6.45) is 3.65. The maximum atomic E-state index is 11.3. The van der Waals surface area contributed by atoms with Gasteiger partial charge in [0.05, 0.1) is 16.9 Å². The van der Waals surface area contributed by atoms with Crippen molar-refractivity contribution in [2.45, 2.75) is 0 Å². The van der Waals surface area contributed by atoms with Crippen molar-refractivity contribution in [1.82, 2.24) is 25.0 Å². The van der Waals surface area contributed by atoms with E-state index in [0.29, 0.717) is 16.9 Å². The first-order chi connectivity index (χ1) is 13.2. The summed E-state index contributed by atoms with van der Waals surface area (Å²) in [6.45, 7) is 0. The SMILES string of the molecule is O=c1[nH]c2cc(Nc3cc(-c4ccc(-n5cccn5)cc4)[nH]n3)ccc2o1. The molecule has 3 aromatic heterocycles. The van der Waals surface area contributed by atoms with Crippen LogP contribution in [0, 0.1) is 0 Å². The molecule has 0 radical (unpaired) electrons. The highest BCUT2D eigenvalue weighted by Gasteiger charge is 2.07. The average Bonchev–Trinajstić information content (AvgIpc) is 3.42. The Hall–Kier alpha value is -4.07. The summed E-state index contributed by atoms with van der Waals surface area (Å²) >= 11 is 0. The summed E-state index contributed by atoms with van der Waals surface area (Å²) < 4.78 is 6.81. The Labute approximate surface area is 152 Å². The van der Waals surface area contributed by atoms with E-state index in [-0.39, 0.29) is 0 Å². The van der Waals surface area contributed by atoms with Crippen molar-refractivity contribution < 1.29 is 4.42 Å². The molecule has 0 unspecified atom stereocenters. The second-order valence-corrected chi connectivity index (χ2v) is 6.01. The van der Waals surface area contributed by atoms with Crippen molar-refractivity contribution in [3.8, 4) is 16.9 Å². The Kier molecular flexibility index (Phi) is 3.39. The van der Waals surface area contributed by atoms with E-state index in [9.17, 15) is 4.79 Å². The first-order valence-electron chi connectivity index (χ1n) is 8.30. The number of oxazole rings is 1. The summed E-state index contributed by atoms with van der Waals surface area (Å²) in [5, 5.41) is 14.8. The van der Waals surface area contributed by atoms with E-state index in [1.54, 1.807) is 23.0 Å². The van der Waals surface area contributed by atoms with Gasteiger partial charge in [-0.15, -0.1) is 0 Å². The molecule has 3 heterocycles. The van der Waals surface area contributed by atoms with Gasteiger partial charge in [0.15, 0.2) is 11.4 Å². The Morgan fingerprint density at radius 3 is 2.78 bits per heavy atom. The van der Waals surface area contributed by atoms with Crippen molar-refractivity contribution in [1.29, 1.82) is 0 Å². The third-order valence-electron chi connectivity index (χ3n) is 4.22. The van der Waals surface area contributed by atoms with Crippen LogP contribution in [-0.4, -0.2) is 25.0 Å². The minimum Gasteiger partial charge on any atom is -0.408 e. The number of aromatic nitrogens is 5. The Bertz CT molecular complexity index is 1260. The summed E-state index contributed by atoms with van der Waals surface area (Å²) in [4.78, 5) is 13.9. The lowest BCUT2D eigenvalue weighted by atomic mass is 10.1. The van der Waals surface area contributed by atoms with Gasteiger partial charge in [-0.25, -0.2) is 9.48 Å². The molecule has 8 nitrogen and oxygen atoms in total. The molecular formula is C19H14N6O2.